The summed E-state index contributed by atoms with van der Waals surface area (Å²) in [5, 5.41) is 3.61. The Morgan fingerprint density at radius 1 is 1.07 bits per heavy atom. The van der Waals surface area contributed by atoms with Gasteiger partial charge in [-0.2, -0.15) is 0 Å². The summed E-state index contributed by atoms with van der Waals surface area (Å²) < 4.78 is 11.1. The summed E-state index contributed by atoms with van der Waals surface area (Å²) in [6.45, 7) is 12.9. The highest BCUT2D eigenvalue weighted by Crippen LogP contribution is 2.16. The number of hydrogen-bond donors (Lipinski definition) is 1. The van der Waals surface area contributed by atoms with Gasteiger partial charge in [0, 0.05) is 65.5 Å². The standard InChI is InChI=1S/C21H39N5O3/c1-17(2)15-18(24-10-13-28-14-11-24)16-23-21(22-3)26-8-6-25(7-9-26)20(27)19-5-4-12-29-19/h17-19H,4-16H2,1-3H3,(H,22,23). The second kappa shape index (κ2) is 11.1. The maximum atomic E-state index is 12.6. The Balaban J connectivity index is 1.48. The first-order valence-corrected chi connectivity index (χ1v) is 11.3. The molecule has 0 aromatic carbocycles. The fraction of sp³-hybridized carbons (Fsp3) is 0.905. The molecule has 8 nitrogen and oxygen atoms in total. The van der Waals surface area contributed by atoms with Crippen LogP contribution in [0.2, 0.25) is 0 Å². The molecule has 2 atom stereocenters. The Kier molecular flexibility index (Phi) is 8.56. The topological polar surface area (TPSA) is 69.6 Å². The van der Waals surface area contributed by atoms with Gasteiger partial charge in [-0.15, -0.1) is 0 Å². The smallest absolute Gasteiger partial charge is 0.251 e. The number of carbonyl (C=O) groups excluding carboxylic acids is 1. The third kappa shape index (κ3) is 6.30. The molecule has 3 aliphatic rings. The zero-order chi connectivity index (χ0) is 20.6. The van der Waals surface area contributed by atoms with Gasteiger partial charge in [0.2, 0.25) is 0 Å². The molecule has 2 unspecified atom stereocenters. The molecule has 29 heavy (non-hydrogen) atoms. The minimum Gasteiger partial charge on any atom is -0.379 e. The molecule has 0 spiro atoms. The second-order valence-electron chi connectivity index (χ2n) is 8.67. The molecule has 0 aliphatic carbocycles. The molecule has 3 rings (SSSR count). The monoisotopic (exact) mass is 409 g/mol. The second-order valence-corrected chi connectivity index (χ2v) is 8.67. The van der Waals surface area contributed by atoms with E-state index in [0.29, 0.717) is 18.6 Å². The first-order valence-electron chi connectivity index (χ1n) is 11.3. The van der Waals surface area contributed by atoms with E-state index in [1.54, 1.807) is 0 Å². The van der Waals surface area contributed by atoms with Crippen LogP contribution in [-0.2, 0) is 14.3 Å². The highest BCUT2D eigenvalue weighted by molar-refractivity contribution is 5.82. The third-order valence-electron chi connectivity index (χ3n) is 6.11. The van der Waals surface area contributed by atoms with Crippen LogP contribution in [0.25, 0.3) is 0 Å². The van der Waals surface area contributed by atoms with E-state index in [0.717, 1.165) is 84.2 Å². The van der Waals surface area contributed by atoms with Crippen LogP contribution in [0.5, 0.6) is 0 Å². The number of carbonyl (C=O) groups is 1. The van der Waals surface area contributed by atoms with Crippen LogP contribution in [0.3, 0.4) is 0 Å². The van der Waals surface area contributed by atoms with Crippen molar-refractivity contribution < 1.29 is 14.3 Å². The molecule has 3 aliphatic heterocycles. The fourth-order valence-electron chi connectivity index (χ4n) is 4.50. The predicted octanol–water partition coefficient (Wildman–Crippen LogP) is 0.632. The van der Waals surface area contributed by atoms with Crippen molar-refractivity contribution in [2.24, 2.45) is 10.9 Å². The molecule has 3 heterocycles. The molecule has 1 amide bonds. The van der Waals surface area contributed by atoms with Gasteiger partial charge in [-0.3, -0.25) is 14.7 Å². The molecule has 3 saturated heterocycles. The van der Waals surface area contributed by atoms with Crippen molar-refractivity contribution in [3.05, 3.63) is 0 Å². The van der Waals surface area contributed by atoms with Gasteiger partial charge in [0.05, 0.1) is 13.2 Å². The minimum atomic E-state index is -0.218. The predicted molar refractivity (Wildman–Crippen MR) is 114 cm³/mol. The molecule has 0 aromatic rings. The summed E-state index contributed by atoms with van der Waals surface area (Å²) in [7, 11) is 1.85. The van der Waals surface area contributed by atoms with Gasteiger partial charge in [-0.1, -0.05) is 13.8 Å². The van der Waals surface area contributed by atoms with Gasteiger partial charge >= 0.3 is 0 Å². The van der Waals surface area contributed by atoms with E-state index < -0.39 is 0 Å². The van der Waals surface area contributed by atoms with Crippen LogP contribution >= 0.6 is 0 Å². The third-order valence-corrected chi connectivity index (χ3v) is 6.11. The van der Waals surface area contributed by atoms with Gasteiger partial charge in [0.25, 0.3) is 5.91 Å². The van der Waals surface area contributed by atoms with Crippen LogP contribution < -0.4 is 5.32 Å². The first kappa shape index (κ1) is 22.3. The number of ether oxygens (including phenoxy) is 2. The summed E-state index contributed by atoms with van der Waals surface area (Å²) in [6, 6.07) is 0.484. The van der Waals surface area contributed by atoms with Crippen LogP contribution in [0.4, 0.5) is 0 Å². The summed E-state index contributed by atoms with van der Waals surface area (Å²) in [4.78, 5) is 23.8. The Labute approximate surface area is 175 Å². The van der Waals surface area contributed by atoms with E-state index >= 15 is 0 Å². The molecule has 0 bridgehead atoms. The Morgan fingerprint density at radius 3 is 2.34 bits per heavy atom. The van der Waals surface area contributed by atoms with Gasteiger partial charge in [-0.05, 0) is 25.2 Å². The molecule has 166 valence electrons. The van der Waals surface area contributed by atoms with E-state index in [1.807, 2.05) is 11.9 Å². The molecule has 1 N–H and O–H groups in total. The fourth-order valence-corrected chi connectivity index (χ4v) is 4.50. The van der Waals surface area contributed by atoms with Crippen molar-refractivity contribution >= 4 is 11.9 Å². The van der Waals surface area contributed by atoms with Crippen molar-refractivity contribution in [1.29, 1.82) is 0 Å². The van der Waals surface area contributed by atoms with Gasteiger partial charge in [-0.25, -0.2) is 0 Å². The Morgan fingerprint density at radius 2 is 1.76 bits per heavy atom. The van der Waals surface area contributed by atoms with Crippen molar-refractivity contribution in [1.82, 2.24) is 20.0 Å². The summed E-state index contributed by atoms with van der Waals surface area (Å²) in [5.41, 5.74) is 0. The number of guanidine groups is 1. The van der Waals surface area contributed by atoms with Crippen molar-refractivity contribution in [2.45, 2.75) is 45.3 Å². The minimum absolute atomic E-state index is 0.161. The summed E-state index contributed by atoms with van der Waals surface area (Å²) >= 11 is 0. The molecular weight excluding hydrogens is 370 g/mol. The first-order chi connectivity index (χ1) is 14.1. The average molecular weight is 410 g/mol. The molecule has 0 aromatic heterocycles. The summed E-state index contributed by atoms with van der Waals surface area (Å²) in [5.74, 6) is 1.75. The molecule has 3 fully saturated rings. The Bertz CT molecular complexity index is 536. The van der Waals surface area contributed by atoms with Crippen LogP contribution in [0.1, 0.15) is 33.1 Å². The van der Waals surface area contributed by atoms with E-state index in [2.05, 4.69) is 34.0 Å². The van der Waals surface area contributed by atoms with Crippen LogP contribution in [0.15, 0.2) is 4.99 Å². The SMILES string of the molecule is CN=C(NCC(CC(C)C)N1CCOCC1)N1CCN(C(=O)C2CCCO2)CC1. The zero-order valence-corrected chi connectivity index (χ0v) is 18.4. The van der Waals surface area contributed by atoms with Gasteiger partial charge in [0.15, 0.2) is 5.96 Å². The molecular formula is C21H39N5O3. The largest absolute Gasteiger partial charge is 0.379 e. The number of amides is 1. The van der Waals surface area contributed by atoms with Gasteiger partial charge in [0.1, 0.15) is 6.10 Å². The van der Waals surface area contributed by atoms with Crippen LogP contribution in [0, 0.1) is 5.92 Å². The zero-order valence-electron chi connectivity index (χ0n) is 18.4. The maximum absolute atomic E-state index is 12.6. The van der Waals surface area contributed by atoms with E-state index in [1.165, 1.54) is 0 Å². The lowest BCUT2D eigenvalue weighted by Crippen LogP contribution is -2.57. The van der Waals surface area contributed by atoms with E-state index in [-0.39, 0.29) is 12.0 Å². The summed E-state index contributed by atoms with van der Waals surface area (Å²) in [6.07, 6.45) is 2.80. The molecule has 0 radical (unpaired) electrons. The van der Waals surface area contributed by atoms with E-state index in [4.69, 9.17) is 9.47 Å². The molecule has 8 heteroatoms. The lowest BCUT2D eigenvalue weighted by Gasteiger charge is -2.39. The highest BCUT2D eigenvalue weighted by atomic mass is 16.5. The van der Waals surface area contributed by atoms with Crippen molar-refractivity contribution in [3.63, 3.8) is 0 Å². The quantitative estimate of drug-likeness (QED) is 0.513. The normalized spacial score (nSPS) is 25.5. The molecule has 0 saturated carbocycles. The lowest BCUT2D eigenvalue weighted by molar-refractivity contribution is -0.142. The number of hydrogen-bond acceptors (Lipinski definition) is 5. The van der Waals surface area contributed by atoms with Crippen LogP contribution in [-0.4, -0.2) is 111 Å². The number of aliphatic imine (C=N–C) groups is 1. The van der Waals surface area contributed by atoms with Crippen molar-refractivity contribution in [2.75, 3.05) is 72.7 Å². The number of piperazine rings is 1. The number of rotatable bonds is 6. The van der Waals surface area contributed by atoms with Gasteiger partial charge < -0.3 is 24.6 Å². The Hall–Kier alpha value is -1.38. The average Bonchev–Trinajstić information content (AvgIpc) is 3.28. The maximum Gasteiger partial charge on any atom is 0.251 e. The van der Waals surface area contributed by atoms with E-state index in [9.17, 15) is 4.79 Å². The number of morpholine rings is 1. The number of nitrogens with zero attached hydrogens (tertiary/aromatic N) is 4. The number of nitrogens with one attached hydrogen (secondary N) is 1. The highest BCUT2D eigenvalue weighted by Gasteiger charge is 2.31. The lowest BCUT2D eigenvalue weighted by atomic mass is 10.0. The van der Waals surface area contributed by atoms with Crippen molar-refractivity contribution in [3.8, 4) is 0 Å².